The third-order valence-corrected chi connectivity index (χ3v) is 5.22. The van der Waals surface area contributed by atoms with Gasteiger partial charge in [0.05, 0.1) is 6.61 Å². The van der Waals surface area contributed by atoms with Crippen LogP contribution >= 0.6 is 0 Å². The Kier molecular flexibility index (Phi) is 5.97. The van der Waals surface area contributed by atoms with Gasteiger partial charge in [0.2, 0.25) is 0 Å². The first-order valence-electron chi connectivity index (χ1n) is 9.51. The number of hydrogen-bond donors (Lipinski definition) is 2. The van der Waals surface area contributed by atoms with E-state index in [0.29, 0.717) is 6.61 Å². The molecule has 2 atom stereocenters. The van der Waals surface area contributed by atoms with Crippen LogP contribution < -0.4 is 16.2 Å². The van der Waals surface area contributed by atoms with E-state index in [1.54, 1.807) is 0 Å². The highest BCUT2D eigenvalue weighted by Crippen LogP contribution is 2.25. The molecule has 26 heavy (non-hydrogen) atoms. The molecule has 0 radical (unpaired) electrons. The van der Waals surface area contributed by atoms with Crippen molar-refractivity contribution in [1.29, 1.82) is 0 Å². The smallest absolute Gasteiger partial charge is 0.119 e. The number of ether oxygens (including phenoxy) is 2. The van der Waals surface area contributed by atoms with Crippen LogP contribution in [0.4, 0.5) is 0 Å². The summed E-state index contributed by atoms with van der Waals surface area (Å²) in [6.45, 7) is 5.92. The summed E-state index contributed by atoms with van der Waals surface area (Å²) in [5.41, 5.74) is 15.0. The summed E-state index contributed by atoms with van der Waals surface area (Å²) in [4.78, 5) is 0. The molecule has 2 aromatic carbocycles. The maximum absolute atomic E-state index is 6.45. The number of hydrogen-bond acceptors (Lipinski definition) is 4. The van der Waals surface area contributed by atoms with Crippen LogP contribution in [0.2, 0.25) is 0 Å². The number of rotatable bonds is 9. The first-order chi connectivity index (χ1) is 12.5. The zero-order valence-corrected chi connectivity index (χ0v) is 15.8. The molecule has 3 rings (SSSR count). The predicted octanol–water partition coefficient (Wildman–Crippen LogP) is 3.56. The molecule has 1 fully saturated rings. The second-order valence-corrected chi connectivity index (χ2v) is 7.41. The Balaban J connectivity index is 1.64. The van der Waals surface area contributed by atoms with Gasteiger partial charge in [0.25, 0.3) is 0 Å². The van der Waals surface area contributed by atoms with Crippen molar-refractivity contribution in [1.82, 2.24) is 0 Å². The lowest BCUT2D eigenvalue weighted by molar-refractivity contribution is 0.263. The van der Waals surface area contributed by atoms with Crippen molar-refractivity contribution in [2.75, 3.05) is 13.2 Å². The van der Waals surface area contributed by atoms with Gasteiger partial charge in [0, 0.05) is 0 Å². The molecule has 1 aliphatic heterocycles. The number of epoxide rings is 1. The zero-order chi connectivity index (χ0) is 18.6. The molecule has 0 spiro atoms. The van der Waals surface area contributed by atoms with Crippen molar-refractivity contribution in [3.8, 4) is 5.75 Å². The van der Waals surface area contributed by atoms with Gasteiger partial charge in [-0.3, -0.25) is 0 Å². The average molecular weight is 354 g/mol. The molecule has 2 unspecified atom stereocenters. The largest absolute Gasteiger partial charge is 0.491 e. The molecule has 0 aliphatic carbocycles. The minimum atomic E-state index is -1.02. The van der Waals surface area contributed by atoms with Gasteiger partial charge < -0.3 is 20.9 Å². The highest BCUT2D eigenvalue weighted by molar-refractivity contribution is 5.40. The average Bonchev–Trinajstić information content (AvgIpc) is 3.49. The number of nitrogens with two attached hydrogens (primary N) is 2. The van der Waals surface area contributed by atoms with Gasteiger partial charge in [0.15, 0.2) is 0 Å². The Morgan fingerprint density at radius 2 is 1.65 bits per heavy atom. The monoisotopic (exact) mass is 354 g/mol. The summed E-state index contributed by atoms with van der Waals surface area (Å²) in [5, 5.41) is 0. The fourth-order valence-corrected chi connectivity index (χ4v) is 2.91. The molecule has 4 N–H and O–H groups in total. The van der Waals surface area contributed by atoms with E-state index in [4.69, 9.17) is 20.9 Å². The van der Waals surface area contributed by atoms with Crippen LogP contribution in [0.25, 0.3) is 0 Å². The predicted molar refractivity (Wildman–Crippen MR) is 105 cm³/mol. The standard InChI is InChI=1S/C22H30N2O2/c1-3-16(2)4-5-17-6-8-18(9-7-17)22(23,24)19-10-12-20(13-11-19)25-14-21-15-26-21/h6-13,16,21H,3-5,14-15,23-24H2,1-2H3. The van der Waals surface area contributed by atoms with Gasteiger partial charge in [-0.2, -0.15) is 0 Å². The lowest BCUT2D eigenvalue weighted by atomic mass is 9.91. The number of aryl methyl sites for hydroxylation is 1. The van der Waals surface area contributed by atoms with E-state index in [1.165, 1.54) is 18.4 Å². The molecule has 4 nitrogen and oxygen atoms in total. The summed E-state index contributed by atoms with van der Waals surface area (Å²) in [7, 11) is 0. The van der Waals surface area contributed by atoms with Gasteiger partial charge in [-0.25, -0.2) is 0 Å². The van der Waals surface area contributed by atoms with Gasteiger partial charge in [-0.05, 0) is 47.6 Å². The normalized spacial score (nSPS) is 17.8. The Morgan fingerprint density at radius 1 is 1.08 bits per heavy atom. The van der Waals surface area contributed by atoms with E-state index < -0.39 is 5.66 Å². The molecule has 4 heteroatoms. The van der Waals surface area contributed by atoms with E-state index in [-0.39, 0.29) is 6.10 Å². The molecule has 0 bridgehead atoms. The lowest BCUT2D eigenvalue weighted by Gasteiger charge is -2.26. The van der Waals surface area contributed by atoms with E-state index in [0.717, 1.165) is 35.8 Å². The minimum absolute atomic E-state index is 0.247. The minimum Gasteiger partial charge on any atom is -0.491 e. The number of benzene rings is 2. The highest BCUT2D eigenvalue weighted by Gasteiger charge is 2.25. The molecule has 2 aromatic rings. The van der Waals surface area contributed by atoms with Crippen LogP contribution in [0.5, 0.6) is 5.75 Å². The molecule has 0 amide bonds. The van der Waals surface area contributed by atoms with Crippen LogP contribution in [0.15, 0.2) is 48.5 Å². The molecular formula is C22H30N2O2. The third kappa shape index (κ3) is 4.85. The van der Waals surface area contributed by atoms with Gasteiger partial charge in [0.1, 0.15) is 24.1 Å². The van der Waals surface area contributed by atoms with Crippen molar-refractivity contribution < 1.29 is 9.47 Å². The zero-order valence-electron chi connectivity index (χ0n) is 15.8. The molecule has 1 aliphatic rings. The van der Waals surface area contributed by atoms with E-state index in [2.05, 4.69) is 26.0 Å². The van der Waals surface area contributed by atoms with Gasteiger partial charge in [-0.15, -0.1) is 0 Å². The second kappa shape index (κ2) is 8.21. The quantitative estimate of drug-likeness (QED) is 0.533. The van der Waals surface area contributed by atoms with Gasteiger partial charge >= 0.3 is 0 Å². The Bertz CT molecular complexity index is 691. The van der Waals surface area contributed by atoms with Crippen LogP contribution in [0, 0.1) is 5.92 Å². The van der Waals surface area contributed by atoms with E-state index >= 15 is 0 Å². The maximum atomic E-state index is 6.45. The Hall–Kier alpha value is -1.88. The molecule has 140 valence electrons. The fourth-order valence-electron chi connectivity index (χ4n) is 2.91. The van der Waals surface area contributed by atoms with Crippen molar-refractivity contribution >= 4 is 0 Å². The summed E-state index contributed by atoms with van der Waals surface area (Å²) in [6, 6.07) is 16.0. The third-order valence-electron chi connectivity index (χ3n) is 5.22. The van der Waals surface area contributed by atoms with Crippen molar-refractivity contribution in [2.24, 2.45) is 17.4 Å². The summed E-state index contributed by atoms with van der Waals surface area (Å²) < 4.78 is 10.8. The van der Waals surface area contributed by atoms with Crippen LogP contribution in [-0.2, 0) is 16.8 Å². The molecule has 0 saturated carbocycles. The summed E-state index contributed by atoms with van der Waals surface area (Å²) in [6.07, 6.45) is 3.77. The van der Waals surface area contributed by atoms with Crippen LogP contribution in [-0.4, -0.2) is 19.3 Å². The molecule has 1 saturated heterocycles. The lowest BCUT2D eigenvalue weighted by Crippen LogP contribution is -2.47. The van der Waals surface area contributed by atoms with Crippen LogP contribution in [0.3, 0.4) is 0 Å². The molecular weight excluding hydrogens is 324 g/mol. The van der Waals surface area contributed by atoms with Gasteiger partial charge in [-0.1, -0.05) is 56.7 Å². The second-order valence-electron chi connectivity index (χ2n) is 7.41. The van der Waals surface area contributed by atoms with E-state index in [1.807, 2.05) is 36.4 Å². The Labute approximate surface area is 156 Å². The Morgan fingerprint density at radius 3 is 2.19 bits per heavy atom. The van der Waals surface area contributed by atoms with E-state index in [9.17, 15) is 0 Å². The van der Waals surface area contributed by atoms with Crippen LogP contribution in [0.1, 0.15) is 43.4 Å². The first kappa shape index (κ1) is 18.9. The maximum Gasteiger partial charge on any atom is 0.119 e. The van der Waals surface area contributed by atoms with Crippen molar-refractivity contribution in [2.45, 2.75) is 44.9 Å². The van der Waals surface area contributed by atoms with Crippen molar-refractivity contribution in [3.05, 3.63) is 65.2 Å². The van der Waals surface area contributed by atoms with Crippen molar-refractivity contribution in [3.63, 3.8) is 0 Å². The molecule has 1 heterocycles. The molecule has 0 aromatic heterocycles. The fraction of sp³-hybridized carbons (Fsp3) is 0.455. The SMILES string of the molecule is CCC(C)CCc1ccc(C(N)(N)c2ccc(OCC3CO3)cc2)cc1. The topological polar surface area (TPSA) is 73.8 Å². The first-order valence-corrected chi connectivity index (χ1v) is 9.51. The summed E-state index contributed by atoms with van der Waals surface area (Å²) >= 11 is 0. The summed E-state index contributed by atoms with van der Waals surface area (Å²) in [5.74, 6) is 1.56. The highest BCUT2D eigenvalue weighted by atomic mass is 16.6.